The van der Waals surface area contributed by atoms with Crippen molar-refractivity contribution < 1.29 is 36.2 Å². The average Bonchev–Trinajstić information content (AvgIpc) is 2.65. The summed E-state index contributed by atoms with van der Waals surface area (Å²) in [7, 11) is 0. The monoisotopic (exact) mass is 448 g/mol. The molecule has 0 saturated carbocycles. The summed E-state index contributed by atoms with van der Waals surface area (Å²) in [4.78, 5) is 12.6. The number of nitrogens with zero attached hydrogens (tertiary/aromatic N) is 1. The SMILES string of the molecule is C[C@](O)(CSc1ccc(C(F)(F)F)cc1)C(=O)Nc1ccc(C#N)c(C(F)(F)F)c1. The number of anilines is 1. The quantitative estimate of drug-likeness (QED) is 0.495. The molecular formula is C19H14F6N2O2S. The Labute approximate surface area is 171 Å². The number of carbonyl (C=O) groups is 1. The van der Waals surface area contributed by atoms with Crippen molar-refractivity contribution in [3.8, 4) is 6.07 Å². The maximum atomic E-state index is 13.0. The number of benzene rings is 2. The third kappa shape index (κ3) is 5.90. The number of amides is 1. The third-order valence-electron chi connectivity index (χ3n) is 3.89. The predicted molar refractivity (Wildman–Crippen MR) is 97.6 cm³/mol. The van der Waals surface area contributed by atoms with Crippen LogP contribution >= 0.6 is 11.8 Å². The van der Waals surface area contributed by atoms with Crippen molar-refractivity contribution in [2.75, 3.05) is 11.1 Å². The van der Waals surface area contributed by atoms with Crippen LogP contribution in [0.4, 0.5) is 32.0 Å². The van der Waals surface area contributed by atoms with Crippen molar-refractivity contribution in [3.05, 3.63) is 59.2 Å². The molecule has 0 saturated heterocycles. The zero-order valence-electron chi connectivity index (χ0n) is 15.2. The highest BCUT2D eigenvalue weighted by atomic mass is 32.2. The largest absolute Gasteiger partial charge is 0.417 e. The predicted octanol–water partition coefficient (Wildman–Crippen LogP) is 5.08. The summed E-state index contributed by atoms with van der Waals surface area (Å²) in [5.74, 6) is -1.29. The first-order valence-corrected chi connectivity index (χ1v) is 9.18. The molecule has 30 heavy (non-hydrogen) atoms. The van der Waals surface area contributed by atoms with E-state index in [1.165, 1.54) is 18.2 Å². The van der Waals surface area contributed by atoms with Gasteiger partial charge in [-0.2, -0.15) is 31.6 Å². The fourth-order valence-electron chi connectivity index (χ4n) is 2.25. The lowest BCUT2D eigenvalue weighted by Crippen LogP contribution is -2.42. The summed E-state index contributed by atoms with van der Waals surface area (Å²) in [6, 6.07) is 8.03. The lowest BCUT2D eigenvalue weighted by atomic mass is 10.1. The Bertz CT molecular complexity index is 963. The molecule has 0 fully saturated rings. The molecule has 0 aliphatic rings. The maximum Gasteiger partial charge on any atom is 0.417 e. The van der Waals surface area contributed by atoms with Gasteiger partial charge in [0, 0.05) is 16.3 Å². The molecule has 0 aliphatic carbocycles. The smallest absolute Gasteiger partial charge is 0.379 e. The van der Waals surface area contributed by atoms with Crippen LogP contribution in [0.1, 0.15) is 23.6 Å². The van der Waals surface area contributed by atoms with Gasteiger partial charge in [0.05, 0.1) is 22.8 Å². The van der Waals surface area contributed by atoms with Crippen LogP contribution in [0, 0.1) is 11.3 Å². The molecule has 11 heteroatoms. The van der Waals surface area contributed by atoms with Crippen molar-refractivity contribution >= 4 is 23.4 Å². The van der Waals surface area contributed by atoms with Gasteiger partial charge in [-0.1, -0.05) is 0 Å². The van der Waals surface area contributed by atoms with Gasteiger partial charge < -0.3 is 10.4 Å². The minimum Gasteiger partial charge on any atom is -0.379 e. The van der Waals surface area contributed by atoms with E-state index in [9.17, 15) is 36.2 Å². The van der Waals surface area contributed by atoms with Crippen LogP contribution in [0.15, 0.2) is 47.4 Å². The van der Waals surface area contributed by atoms with Crippen molar-refractivity contribution in [3.63, 3.8) is 0 Å². The van der Waals surface area contributed by atoms with E-state index in [1.807, 2.05) is 0 Å². The molecular weight excluding hydrogens is 434 g/mol. The molecule has 2 N–H and O–H groups in total. The van der Waals surface area contributed by atoms with Gasteiger partial charge in [0.25, 0.3) is 5.91 Å². The number of alkyl halides is 6. The highest BCUT2D eigenvalue weighted by Crippen LogP contribution is 2.34. The summed E-state index contributed by atoms with van der Waals surface area (Å²) >= 11 is 0.898. The lowest BCUT2D eigenvalue weighted by Gasteiger charge is -2.22. The molecule has 1 atom stereocenters. The fourth-order valence-corrected chi connectivity index (χ4v) is 3.16. The van der Waals surface area contributed by atoms with Gasteiger partial charge in [0.15, 0.2) is 0 Å². The molecule has 1 amide bonds. The maximum absolute atomic E-state index is 13.0. The Morgan fingerprint density at radius 2 is 1.67 bits per heavy atom. The fraction of sp³-hybridized carbons (Fsp3) is 0.263. The third-order valence-corrected chi connectivity index (χ3v) is 5.21. The van der Waals surface area contributed by atoms with Gasteiger partial charge >= 0.3 is 12.4 Å². The Balaban J connectivity index is 2.08. The molecule has 0 aromatic heterocycles. The molecule has 160 valence electrons. The van der Waals surface area contributed by atoms with Gasteiger partial charge in [-0.3, -0.25) is 4.79 Å². The Hall–Kier alpha value is -2.71. The van der Waals surface area contributed by atoms with Crippen molar-refractivity contribution in [1.29, 1.82) is 5.26 Å². The molecule has 0 radical (unpaired) electrons. The van der Waals surface area contributed by atoms with Crippen molar-refractivity contribution in [1.82, 2.24) is 0 Å². The highest BCUT2D eigenvalue weighted by Gasteiger charge is 2.35. The van der Waals surface area contributed by atoms with E-state index in [0.29, 0.717) is 11.0 Å². The number of aliphatic hydroxyl groups is 1. The standard InChI is InChI=1S/C19H14F6N2O2S/c1-17(29,10-30-14-6-3-12(4-7-14)18(20,21)22)16(28)27-13-5-2-11(9-26)15(8-13)19(23,24)25/h2-8,29H,10H2,1H3,(H,27,28)/t17-/m0/s1. The van der Waals surface area contributed by atoms with Crippen molar-refractivity contribution in [2.24, 2.45) is 0 Å². The lowest BCUT2D eigenvalue weighted by molar-refractivity contribution is -0.138. The van der Waals surface area contributed by atoms with Crippen LogP contribution in [-0.2, 0) is 17.1 Å². The number of hydrogen-bond donors (Lipinski definition) is 2. The molecule has 0 aliphatic heterocycles. The Morgan fingerprint density at radius 1 is 1.07 bits per heavy atom. The number of carbonyl (C=O) groups excluding carboxylic acids is 1. The van der Waals surface area contributed by atoms with Crippen LogP contribution in [-0.4, -0.2) is 22.4 Å². The minimum atomic E-state index is -4.81. The number of thioether (sulfide) groups is 1. The number of halogens is 6. The zero-order chi connectivity index (χ0) is 22.7. The van der Waals surface area contributed by atoms with E-state index in [1.54, 1.807) is 0 Å². The first kappa shape index (κ1) is 23.6. The molecule has 2 rings (SSSR count). The topological polar surface area (TPSA) is 73.1 Å². The summed E-state index contributed by atoms with van der Waals surface area (Å²) < 4.78 is 76.7. The highest BCUT2D eigenvalue weighted by molar-refractivity contribution is 7.99. The second kappa shape index (κ2) is 8.57. The van der Waals surface area contributed by atoms with Gasteiger partial charge in [0.2, 0.25) is 0 Å². The molecule has 2 aromatic carbocycles. The van der Waals surface area contributed by atoms with E-state index < -0.39 is 40.6 Å². The Morgan fingerprint density at radius 3 is 2.17 bits per heavy atom. The van der Waals surface area contributed by atoms with Crippen LogP contribution < -0.4 is 5.32 Å². The molecule has 2 aromatic rings. The van der Waals surface area contributed by atoms with E-state index in [0.717, 1.165) is 43.0 Å². The molecule has 4 nitrogen and oxygen atoms in total. The second-order valence-corrected chi connectivity index (χ2v) is 7.46. The second-order valence-electron chi connectivity index (χ2n) is 6.41. The van der Waals surface area contributed by atoms with Crippen LogP contribution in [0.5, 0.6) is 0 Å². The van der Waals surface area contributed by atoms with E-state index in [-0.39, 0.29) is 11.4 Å². The summed E-state index contributed by atoms with van der Waals surface area (Å²) in [6.45, 7) is 1.12. The number of nitrogens with one attached hydrogen (secondary N) is 1. The normalized spacial score (nSPS) is 14.0. The van der Waals surface area contributed by atoms with E-state index >= 15 is 0 Å². The first-order chi connectivity index (χ1) is 13.7. The van der Waals surface area contributed by atoms with Crippen molar-refractivity contribution in [2.45, 2.75) is 29.8 Å². The number of nitriles is 1. The van der Waals surface area contributed by atoms with Gasteiger partial charge in [-0.25, -0.2) is 0 Å². The number of hydrogen-bond acceptors (Lipinski definition) is 4. The van der Waals surface area contributed by atoms with Crippen LogP contribution in [0.2, 0.25) is 0 Å². The Kier molecular flexibility index (Phi) is 6.73. The van der Waals surface area contributed by atoms with E-state index in [4.69, 9.17) is 5.26 Å². The molecule has 0 unspecified atom stereocenters. The molecule has 0 bridgehead atoms. The summed E-state index contributed by atoms with van der Waals surface area (Å²) in [5.41, 5.74) is -5.02. The van der Waals surface area contributed by atoms with E-state index in [2.05, 4.69) is 5.32 Å². The number of rotatable bonds is 5. The van der Waals surface area contributed by atoms with Gasteiger partial charge in [0.1, 0.15) is 5.60 Å². The first-order valence-electron chi connectivity index (χ1n) is 8.19. The molecule has 0 heterocycles. The van der Waals surface area contributed by atoms with Gasteiger partial charge in [-0.15, -0.1) is 11.8 Å². The summed E-state index contributed by atoms with van der Waals surface area (Å²) in [5, 5.41) is 21.3. The van der Waals surface area contributed by atoms with Crippen LogP contribution in [0.25, 0.3) is 0 Å². The average molecular weight is 448 g/mol. The molecule has 0 spiro atoms. The summed E-state index contributed by atoms with van der Waals surface area (Å²) in [6.07, 6.45) is -9.31. The zero-order valence-corrected chi connectivity index (χ0v) is 16.0. The van der Waals surface area contributed by atoms with Crippen LogP contribution in [0.3, 0.4) is 0 Å². The minimum absolute atomic E-state index is 0.271. The van der Waals surface area contributed by atoms with Gasteiger partial charge in [-0.05, 0) is 49.4 Å².